The Labute approximate surface area is 218 Å². The molecule has 37 heavy (non-hydrogen) atoms. The minimum Gasteiger partial charge on any atom is -0.496 e. The summed E-state index contributed by atoms with van der Waals surface area (Å²) in [5.74, 6) is 1.93. The van der Waals surface area contributed by atoms with Crippen molar-refractivity contribution >= 4 is 26.6 Å². The molecule has 3 aromatic carbocycles. The maximum Gasteiger partial charge on any atom is 0.261 e. The van der Waals surface area contributed by atoms with E-state index >= 15 is 0 Å². The van der Waals surface area contributed by atoms with Crippen LogP contribution in [0.2, 0.25) is 0 Å². The molecule has 1 N–H and O–H groups in total. The van der Waals surface area contributed by atoms with Crippen LogP contribution in [0.5, 0.6) is 17.2 Å². The van der Waals surface area contributed by atoms with E-state index < -0.39 is 10.0 Å². The molecule has 0 saturated carbocycles. The van der Waals surface area contributed by atoms with Gasteiger partial charge in [0.05, 0.1) is 31.7 Å². The van der Waals surface area contributed by atoms with Crippen LogP contribution >= 0.6 is 0 Å². The van der Waals surface area contributed by atoms with Gasteiger partial charge in [0.25, 0.3) is 10.0 Å². The third-order valence-electron chi connectivity index (χ3n) is 6.23. The number of hydrogen-bond donors (Lipinski definition) is 1. The molecule has 0 spiro atoms. The number of anilines is 1. The Morgan fingerprint density at radius 2 is 1.46 bits per heavy atom. The Morgan fingerprint density at radius 1 is 0.811 bits per heavy atom. The molecule has 1 heterocycles. The number of rotatable bonds is 8. The first-order chi connectivity index (χ1) is 17.6. The summed E-state index contributed by atoms with van der Waals surface area (Å²) in [6.45, 7) is 6.06. The molecular formula is C29H32N2O5S. The normalized spacial score (nSPS) is 11.8. The van der Waals surface area contributed by atoms with Gasteiger partial charge in [0.15, 0.2) is 11.5 Å². The molecular weight excluding hydrogens is 488 g/mol. The lowest BCUT2D eigenvalue weighted by molar-refractivity contribution is 0.356. The zero-order chi connectivity index (χ0) is 26.8. The average molecular weight is 521 g/mol. The van der Waals surface area contributed by atoms with E-state index in [9.17, 15) is 8.42 Å². The van der Waals surface area contributed by atoms with Crippen molar-refractivity contribution in [2.75, 3.05) is 26.1 Å². The molecule has 1 aromatic heterocycles. The molecule has 0 bridgehead atoms. The van der Waals surface area contributed by atoms with Crippen LogP contribution in [0.3, 0.4) is 0 Å². The summed E-state index contributed by atoms with van der Waals surface area (Å²) in [4.78, 5) is 4.65. The van der Waals surface area contributed by atoms with Crippen molar-refractivity contribution in [2.45, 2.75) is 37.5 Å². The summed E-state index contributed by atoms with van der Waals surface area (Å²) in [7, 11) is 1.01. The van der Waals surface area contributed by atoms with E-state index in [1.54, 1.807) is 57.9 Å². The van der Waals surface area contributed by atoms with Crippen molar-refractivity contribution in [1.29, 1.82) is 0 Å². The minimum atomic E-state index is -3.78. The fraction of sp³-hybridized carbons (Fsp3) is 0.276. The predicted octanol–water partition coefficient (Wildman–Crippen LogP) is 5.95. The van der Waals surface area contributed by atoms with Gasteiger partial charge in [0.2, 0.25) is 0 Å². The minimum absolute atomic E-state index is 0.190. The number of nitrogens with one attached hydrogen (secondary N) is 1. The van der Waals surface area contributed by atoms with Gasteiger partial charge in [-0.1, -0.05) is 32.9 Å². The van der Waals surface area contributed by atoms with Gasteiger partial charge in [-0.15, -0.1) is 0 Å². The van der Waals surface area contributed by atoms with Crippen molar-refractivity contribution in [2.24, 2.45) is 0 Å². The van der Waals surface area contributed by atoms with Crippen molar-refractivity contribution in [3.05, 3.63) is 83.6 Å². The first kappa shape index (κ1) is 26.3. The summed E-state index contributed by atoms with van der Waals surface area (Å²) in [6.07, 6.45) is 2.42. The van der Waals surface area contributed by atoms with Gasteiger partial charge in [0.1, 0.15) is 5.75 Å². The van der Waals surface area contributed by atoms with Crippen molar-refractivity contribution in [3.63, 3.8) is 0 Å². The molecule has 0 unspecified atom stereocenters. The highest BCUT2D eigenvalue weighted by molar-refractivity contribution is 7.92. The van der Waals surface area contributed by atoms with Gasteiger partial charge in [-0.2, -0.15) is 0 Å². The lowest BCUT2D eigenvalue weighted by Gasteiger charge is -2.23. The van der Waals surface area contributed by atoms with Crippen LogP contribution in [0.4, 0.5) is 5.69 Å². The Kier molecular flexibility index (Phi) is 7.32. The van der Waals surface area contributed by atoms with Gasteiger partial charge in [0, 0.05) is 28.9 Å². The summed E-state index contributed by atoms with van der Waals surface area (Å²) in [5, 5.41) is 0.971. The number of aromatic nitrogens is 1. The third-order valence-corrected chi connectivity index (χ3v) is 7.61. The topological polar surface area (TPSA) is 86.8 Å². The highest BCUT2D eigenvalue weighted by Gasteiger charge is 2.23. The monoisotopic (exact) mass is 520 g/mol. The number of sulfonamides is 1. The van der Waals surface area contributed by atoms with E-state index in [2.05, 4.69) is 9.71 Å². The molecule has 0 amide bonds. The average Bonchev–Trinajstić information content (AvgIpc) is 2.88. The zero-order valence-electron chi connectivity index (χ0n) is 22.0. The number of benzene rings is 3. The summed E-state index contributed by atoms with van der Waals surface area (Å²) in [6, 6.07) is 18.1. The second-order valence-corrected chi connectivity index (χ2v) is 11.5. The standard InChI is InChI=1S/C29H32N2O5S/c1-29(2,3)24-16-22(11-12-26(24)34-4)37(32,33)31-21-9-7-19(8-10-21)15-20-13-14-30-25-18-28(36-6)27(35-5)17-23(20)25/h7-14,16-18,31H,15H2,1-6H3. The Hall–Kier alpha value is -3.78. The van der Waals surface area contributed by atoms with E-state index in [1.807, 2.05) is 51.1 Å². The number of fused-ring (bicyclic) bond motifs is 1. The molecule has 0 radical (unpaired) electrons. The van der Waals surface area contributed by atoms with Crippen LogP contribution in [0, 0.1) is 0 Å². The summed E-state index contributed by atoms with van der Waals surface area (Å²) < 4.78 is 45.3. The number of ether oxygens (including phenoxy) is 3. The quantitative estimate of drug-likeness (QED) is 0.309. The van der Waals surface area contributed by atoms with E-state index in [-0.39, 0.29) is 10.3 Å². The zero-order valence-corrected chi connectivity index (χ0v) is 22.8. The van der Waals surface area contributed by atoms with E-state index in [1.165, 1.54) is 0 Å². The van der Waals surface area contributed by atoms with Gasteiger partial charge >= 0.3 is 0 Å². The second kappa shape index (κ2) is 10.3. The predicted molar refractivity (Wildman–Crippen MR) is 147 cm³/mol. The molecule has 0 fully saturated rings. The van der Waals surface area contributed by atoms with Crippen molar-refractivity contribution in [1.82, 2.24) is 4.98 Å². The SMILES string of the molecule is COc1cc2nccc(Cc3ccc(NS(=O)(=O)c4ccc(OC)c(C(C)(C)C)c4)cc3)c2cc1OC. The second-order valence-electron chi connectivity index (χ2n) is 9.79. The molecule has 0 aliphatic rings. The van der Waals surface area contributed by atoms with E-state index in [4.69, 9.17) is 14.2 Å². The van der Waals surface area contributed by atoms with Crippen LogP contribution in [0.15, 0.2) is 71.8 Å². The van der Waals surface area contributed by atoms with Crippen LogP contribution < -0.4 is 18.9 Å². The molecule has 194 valence electrons. The van der Waals surface area contributed by atoms with Gasteiger partial charge in [-0.3, -0.25) is 9.71 Å². The third kappa shape index (κ3) is 5.64. The fourth-order valence-electron chi connectivity index (χ4n) is 4.25. The maximum absolute atomic E-state index is 13.1. The molecule has 0 aliphatic carbocycles. The highest BCUT2D eigenvalue weighted by atomic mass is 32.2. The van der Waals surface area contributed by atoms with Crippen LogP contribution in [-0.4, -0.2) is 34.7 Å². The first-order valence-corrected chi connectivity index (χ1v) is 13.3. The molecule has 7 nitrogen and oxygen atoms in total. The van der Waals surface area contributed by atoms with Crippen LogP contribution in [0.25, 0.3) is 10.9 Å². The Morgan fingerprint density at radius 3 is 2.08 bits per heavy atom. The maximum atomic E-state index is 13.1. The van der Waals surface area contributed by atoms with Gasteiger partial charge < -0.3 is 14.2 Å². The summed E-state index contributed by atoms with van der Waals surface area (Å²) in [5.41, 5.74) is 3.96. The van der Waals surface area contributed by atoms with Crippen molar-refractivity contribution in [3.8, 4) is 17.2 Å². The van der Waals surface area contributed by atoms with Crippen LogP contribution in [-0.2, 0) is 21.9 Å². The number of pyridine rings is 1. The molecule has 8 heteroatoms. The molecule has 4 rings (SSSR count). The highest BCUT2D eigenvalue weighted by Crippen LogP contribution is 2.35. The smallest absolute Gasteiger partial charge is 0.261 e. The summed E-state index contributed by atoms with van der Waals surface area (Å²) >= 11 is 0. The van der Waals surface area contributed by atoms with E-state index in [0.29, 0.717) is 29.4 Å². The fourth-order valence-corrected chi connectivity index (χ4v) is 5.33. The number of methoxy groups -OCH3 is 3. The molecule has 4 aromatic rings. The van der Waals surface area contributed by atoms with Gasteiger partial charge in [-0.05, 0) is 65.4 Å². The van der Waals surface area contributed by atoms with E-state index in [0.717, 1.165) is 27.6 Å². The first-order valence-electron chi connectivity index (χ1n) is 11.9. The number of nitrogens with zero attached hydrogens (tertiary/aromatic N) is 1. The number of hydrogen-bond acceptors (Lipinski definition) is 6. The lowest BCUT2D eigenvalue weighted by Crippen LogP contribution is -2.17. The largest absolute Gasteiger partial charge is 0.496 e. The van der Waals surface area contributed by atoms with Gasteiger partial charge in [-0.25, -0.2) is 8.42 Å². The Bertz CT molecular complexity index is 1520. The van der Waals surface area contributed by atoms with Crippen LogP contribution in [0.1, 0.15) is 37.5 Å². The Balaban J connectivity index is 1.57. The molecule has 0 aliphatic heterocycles. The molecule has 0 atom stereocenters. The lowest BCUT2D eigenvalue weighted by atomic mass is 9.86. The van der Waals surface area contributed by atoms with Crippen molar-refractivity contribution < 1.29 is 22.6 Å². The molecule has 0 saturated heterocycles.